The van der Waals surface area contributed by atoms with Crippen molar-refractivity contribution in [3.63, 3.8) is 0 Å². The summed E-state index contributed by atoms with van der Waals surface area (Å²) in [5.41, 5.74) is 2.55. The molecule has 2 aromatic carbocycles. The van der Waals surface area contributed by atoms with Crippen molar-refractivity contribution in [3.05, 3.63) is 53.6 Å². The molecule has 2 heterocycles. The molecular weight excluding hydrogens is 378 g/mol. The Morgan fingerprint density at radius 1 is 1.18 bits per heavy atom. The number of hydrogen-bond donors (Lipinski definition) is 1. The van der Waals surface area contributed by atoms with Crippen molar-refractivity contribution in [2.24, 2.45) is 7.05 Å². The molecule has 4 aromatic rings. The number of nitrogens with zero attached hydrogens (tertiary/aromatic N) is 6. The summed E-state index contributed by atoms with van der Waals surface area (Å²) in [5, 5.41) is 15.9. The number of tetrazole rings is 1. The molecule has 0 aliphatic rings. The number of aromatic nitrogens is 6. The van der Waals surface area contributed by atoms with Crippen LogP contribution in [0.5, 0.6) is 0 Å². The van der Waals surface area contributed by atoms with E-state index in [1.807, 2.05) is 48.0 Å². The van der Waals surface area contributed by atoms with Crippen molar-refractivity contribution >= 4 is 34.5 Å². The molecule has 142 valence electrons. The fourth-order valence-corrected chi connectivity index (χ4v) is 3.06. The van der Waals surface area contributed by atoms with E-state index in [0.29, 0.717) is 36.2 Å². The number of fused-ring (bicyclic) bond motifs is 1. The van der Waals surface area contributed by atoms with Gasteiger partial charge in [0.15, 0.2) is 0 Å². The van der Waals surface area contributed by atoms with Crippen LogP contribution in [0.4, 0.5) is 5.95 Å². The summed E-state index contributed by atoms with van der Waals surface area (Å²) in [6, 6.07) is 15.1. The maximum atomic E-state index is 12.3. The highest BCUT2D eigenvalue weighted by Crippen LogP contribution is 2.22. The maximum absolute atomic E-state index is 12.3. The first kappa shape index (κ1) is 18.1. The highest BCUT2D eigenvalue weighted by Gasteiger charge is 2.12. The SMILES string of the molecule is Cn1c(NC(=O)CCCn2nnc(-c3ccccc3)n2)nc2cc(Cl)ccc21. The van der Waals surface area contributed by atoms with Crippen molar-refractivity contribution in [2.75, 3.05) is 5.32 Å². The summed E-state index contributed by atoms with van der Waals surface area (Å²) in [6.45, 7) is 0.505. The first-order chi connectivity index (χ1) is 13.6. The largest absolute Gasteiger partial charge is 0.313 e. The van der Waals surface area contributed by atoms with Crippen LogP contribution in [-0.4, -0.2) is 35.7 Å². The molecule has 0 aliphatic carbocycles. The Bertz CT molecular complexity index is 1120. The van der Waals surface area contributed by atoms with Crippen LogP contribution in [-0.2, 0) is 18.4 Å². The van der Waals surface area contributed by atoms with E-state index in [1.54, 1.807) is 12.1 Å². The first-order valence-electron chi connectivity index (χ1n) is 8.85. The minimum Gasteiger partial charge on any atom is -0.313 e. The number of hydrogen-bond acceptors (Lipinski definition) is 5. The number of imidazole rings is 1. The van der Waals surface area contributed by atoms with Gasteiger partial charge in [-0.1, -0.05) is 41.9 Å². The number of anilines is 1. The van der Waals surface area contributed by atoms with E-state index in [9.17, 15) is 4.79 Å². The summed E-state index contributed by atoms with van der Waals surface area (Å²) in [7, 11) is 1.85. The average Bonchev–Trinajstić information content (AvgIpc) is 3.27. The second-order valence-electron chi connectivity index (χ2n) is 6.35. The van der Waals surface area contributed by atoms with E-state index in [4.69, 9.17) is 11.6 Å². The Balaban J connectivity index is 1.33. The van der Waals surface area contributed by atoms with Gasteiger partial charge in [-0.3, -0.25) is 10.1 Å². The quantitative estimate of drug-likeness (QED) is 0.541. The van der Waals surface area contributed by atoms with E-state index in [-0.39, 0.29) is 5.91 Å². The number of carbonyl (C=O) groups is 1. The zero-order valence-electron chi connectivity index (χ0n) is 15.2. The zero-order valence-corrected chi connectivity index (χ0v) is 16.0. The molecule has 28 heavy (non-hydrogen) atoms. The number of amides is 1. The van der Waals surface area contributed by atoms with Crippen molar-refractivity contribution in [1.82, 2.24) is 29.8 Å². The molecule has 4 rings (SSSR count). The van der Waals surface area contributed by atoms with Gasteiger partial charge in [-0.05, 0) is 29.8 Å². The molecule has 9 heteroatoms. The molecule has 0 saturated carbocycles. The van der Waals surface area contributed by atoms with E-state index in [2.05, 4.69) is 25.7 Å². The maximum Gasteiger partial charge on any atom is 0.226 e. The summed E-state index contributed by atoms with van der Waals surface area (Å²) in [6.07, 6.45) is 0.915. The summed E-state index contributed by atoms with van der Waals surface area (Å²) in [5.74, 6) is 0.948. The van der Waals surface area contributed by atoms with Gasteiger partial charge in [0.05, 0.1) is 17.6 Å². The van der Waals surface area contributed by atoms with Gasteiger partial charge >= 0.3 is 0 Å². The van der Waals surface area contributed by atoms with Gasteiger partial charge in [0.1, 0.15) is 0 Å². The molecule has 0 bridgehead atoms. The highest BCUT2D eigenvalue weighted by molar-refractivity contribution is 6.31. The van der Waals surface area contributed by atoms with Gasteiger partial charge < -0.3 is 4.57 Å². The van der Waals surface area contributed by atoms with Gasteiger partial charge in [-0.15, -0.1) is 10.2 Å². The van der Waals surface area contributed by atoms with Gasteiger partial charge in [0.25, 0.3) is 0 Å². The smallest absolute Gasteiger partial charge is 0.226 e. The molecule has 1 amide bonds. The molecular formula is C19H18ClN7O. The van der Waals surface area contributed by atoms with E-state index in [1.165, 1.54) is 4.80 Å². The molecule has 0 atom stereocenters. The van der Waals surface area contributed by atoms with Gasteiger partial charge in [0, 0.05) is 24.1 Å². The Morgan fingerprint density at radius 3 is 2.82 bits per heavy atom. The van der Waals surface area contributed by atoms with Crippen molar-refractivity contribution < 1.29 is 4.79 Å². The molecule has 1 N–H and O–H groups in total. The van der Waals surface area contributed by atoms with Crippen molar-refractivity contribution in [2.45, 2.75) is 19.4 Å². The van der Waals surface area contributed by atoms with E-state index in [0.717, 1.165) is 16.6 Å². The minimum atomic E-state index is -0.118. The molecule has 0 unspecified atom stereocenters. The van der Waals surface area contributed by atoms with Crippen molar-refractivity contribution in [1.29, 1.82) is 0 Å². The predicted octanol–water partition coefficient (Wildman–Crippen LogP) is 3.30. The van der Waals surface area contributed by atoms with Crippen LogP contribution in [0.3, 0.4) is 0 Å². The second kappa shape index (κ2) is 7.77. The highest BCUT2D eigenvalue weighted by atomic mass is 35.5. The fraction of sp³-hybridized carbons (Fsp3) is 0.211. The normalized spacial score (nSPS) is 11.1. The minimum absolute atomic E-state index is 0.118. The lowest BCUT2D eigenvalue weighted by atomic mass is 10.2. The van der Waals surface area contributed by atoms with Crippen LogP contribution in [0.15, 0.2) is 48.5 Å². The predicted molar refractivity (Wildman–Crippen MR) is 107 cm³/mol. The number of benzene rings is 2. The van der Waals surface area contributed by atoms with Crippen LogP contribution in [0.25, 0.3) is 22.4 Å². The zero-order chi connectivity index (χ0) is 19.5. The first-order valence-corrected chi connectivity index (χ1v) is 9.23. The number of carbonyl (C=O) groups excluding carboxylic acids is 1. The fourth-order valence-electron chi connectivity index (χ4n) is 2.89. The number of aryl methyl sites for hydroxylation is 2. The molecule has 2 aromatic heterocycles. The van der Waals surface area contributed by atoms with Crippen LogP contribution >= 0.6 is 11.6 Å². The standard InChI is InChI=1S/C19H18ClN7O/c1-26-16-10-9-14(20)12-15(16)21-19(26)22-17(28)8-5-11-27-24-18(23-25-27)13-6-3-2-4-7-13/h2-4,6-7,9-10,12H,5,8,11H2,1H3,(H,21,22,28). The molecule has 0 fully saturated rings. The third-order valence-electron chi connectivity index (χ3n) is 4.34. The molecule has 0 aliphatic heterocycles. The topological polar surface area (TPSA) is 90.5 Å². The Labute approximate surface area is 166 Å². The lowest BCUT2D eigenvalue weighted by Gasteiger charge is -2.05. The Hall–Kier alpha value is -3.26. The monoisotopic (exact) mass is 395 g/mol. The van der Waals surface area contributed by atoms with E-state index >= 15 is 0 Å². The molecule has 0 saturated heterocycles. The Kier molecular flexibility index (Phi) is 5.03. The average molecular weight is 396 g/mol. The lowest BCUT2D eigenvalue weighted by Crippen LogP contribution is -2.15. The molecule has 0 spiro atoms. The molecule has 8 nitrogen and oxygen atoms in total. The van der Waals surface area contributed by atoms with Crippen LogP contribution in [0.2, 0.25) is 5.02 Å². The summed E-state index contributed by atoms with van der Waals surface area (Å²) >= 11 is 6.00. The van der Waals surface area contributed by atoms with Crippen LogP contribution < -0.4 is 5.32 Å². The van der Waals surface area contributed by atoms with Crippen LogP contribution in [0, 0.1) is 0 Å². The lowest BCUT2D eigenvalue weighted by molar-refractivity contribution is -0.116. The van der Waals surface area contributed by atoms with Gasteiger partial charge in [-0.25, -0.2) is 4.98 Å². The van der Waals surface area contributed by atoms with Crippen molar-refractivity contribution in [3.8, 4) is 11.4 Å². The number of nitrogens with one attached hydrogen (secondary N) is 1. The number of rotatable bonds is 6. The third-order valence-corrected chi connectivity index (χ3v) is 4.58. The summed E-state index contributed by atoms with van der Waals surface area (Å²) in [4.78, 5) is 18.2. The van der Waals surface area contributed by atoms with E-state index < -0.39 is 0 Å². The number of halogens is 1. The van der Waals surface area contributed by atoms with Gasteiger partial charge in [-0.2, -0.15) is 4.80 Å². The Morgan fingerprint density at radius 2 is 2.00 bits per heavy atom. The summed E-state index contributed by atoms with van der Waals surface area (Å²) < 4.78 is 1.83. The third kappa shape index (κ3) is 3.86. The second-order valence-corrected chi connectivity index (χ2v) is 6.79. The van der Waals surface area contributed by atoms with Gasteiger partial charge in [0.2, 0.25) is 17.7 Å². The van der Waals surface area contributed by atoms with Crippen LogP contribution in [0.1, 0.15) is 12.8 Å². The molecule has 0 radical (unpaired) electrons.